The minimum atomic E-state index is -0.629. The molecular formula is C14H11BrN2O2. The van der Waals surface area contributed by atoms with Crippen LogP contribution in [0.2, 0.25) is 0 Å². The van der Waals surface area contributed by atoms with Gasteiger partial charge in [-0.05, 0) is 35.0 Å². The second kappa shape index (κ2) is 4.66. The van der Waals surface area contributed by atoms with Crippen molar-refractivity contribution >= 4 is 27.7 Å². The maximum atomic E-state index is 12.1. The largest absolute Gasteiger partial charge is 0.472 e. The van der Waals surface area contributed by atoms with Gasteiger partial charge in [-0.15, -0.1) is 0 Å². The van der Waals surface area contributed by atoms with Gasteiger partial charge in [-0.1, -0.05) is 29.8 Å². The Morgan fingerprint density at radius 1 is 1.21 bits per heavy atom. The van der Waals surface area contributed by atoms with Crippen LogP contribution in [0.5, 0.6) is 5.75 Å². The van der Waals surface area contributed by atoms with Crippen molar-refractivity contribution in [2.75, 3.05) is 5.32 Å². The third-order valence-corrected chi connectivity index (χ3v) is 3.37. The first-order valence-electron chi connectivity index (χ1n) is 5.84. The van der Waals surface area contributed by atoms with Crippen LogP contribution in [0.4, 0.5) is 5.82 Å². The van der Waals surface area contributed by atoms with Crippen LogP contribution < -0.4 is 10.1 Å². The molecule has 5 heteroatoms. The third-order valence-electron chi connectivity index (χ3n) is 2.93. The number of hydrogen-bond acceptors (Lipinski definition) is 3. The molecule has 4 nitrogen and oxygen atoms in total. The van der Waals surface area contributed by atoms with Crippen LogP contribution in [0.25, 0.3) is 0 Å². The molecule has 1 aliphatic heterocycles. The summed E-state index contributed by atoms with van der Waals surface area (Å²) in [7, 11) is 0. The molecule has 0 saturated heterocycles. The van der Waals surface area contributed by atoms with Crippen molar-refractivity contribution in [3.8, 4) is 5.75 Å². The highest BCUT2D eigenvalue weighted by molar-refractivity contribution is 9.10. The van der Waals surface area contributed by atoms with Crippen LogP contribution in [-0.4, -0.2) is 10.9 Å². The van der Waals surface area contributed by atoms with E-state index in [9.17, 15) is 4.79 Å². The zero-order chi connectivity index (χ0) is 13.4. The van der Waals surface area contributed by atoms with Crippen molar-refractivity contribution in [2.45, 2.75) is 13.0 Å². The molecule has 1 aromatic heterocycles. The number of hydrogen-bond donors (Lipinski definition) is 1. The Hall–Kier alpha value is -1.88. The van der Waals surface area contributed by atoms with E-state index in [0.29, 0.717) is 16.2 Å². The molecule has 2 aromatic rings. The van der Waals surface area contributed by atoms with E-state index >= 15 is 0 Å². The summed E-state index contributed by atoms with van der Waals surface area (Å²) in [6.45, 7) is 2.00. The van der Waals surface area contributed by atoms with Crippen LogP contribution in [0.1, 0.15) is 17.2 Å². The molecule has 0 bridgehead atoms. The van der Waals surface area contributed by atoms with E-state index in [1.165, 1.54) is 0 Å². The lowest BCUT2D eigenvalue weighted by atomic mass is 10.1. The fraction of sp³-hybridized carbons (Fsp3) is 0.143. The Bertz CT molecular complexity index is 640. The van der Waals surface area contributed by atoms with Gasteiger partial charge in [0.25, 0.3) is 5.91 Å². The summed E-state index contributed by atoms with van der Waals surface area (Å²) < 4.78 is 6.39. The number of carbonyl (C=O) groups excluding carboxylic acids is 1. The van der Waals surface area contributed by atoms with Gasteiger partial charge in [-0.3, -0.25) is 4.79 Å². The maximum absolute atomic E-state index is 12.1. The fourth-order valence-corrected chi connectivity index (χ4v) is 2.24. The molecular weight excluding hydrogens is 308 g/mol. The quantitative estimate of drug-likeness (QED) is 0.821. The summed E-state index contributed by atoms with van der Waals surface area (Å²) in [5.74, 6) is 0.818. The van der Waals surface area contributed by atoms with Gasteiger partial charge in [0, 0.05) is 5.56 Å². The second-order valence-electron chi connectivity index (χ2n) is 4.38. The van der Waals surface area contributed by atoms with Crippen molar-refractivity contribution in [3.05, 3.63) is 52.1 Å². The van der Waals surface area contributed by atoms with E-state index in [-0.39, 0.29) is 5.91 Å². The molecule has 1 unspecified atom stereocenters. The molecule has 0 aliphatic carbocycles. The van der Waals surface area contributed by atoms with Crippen LogP contribution in [0.3, 0.4) is 0 Å². The van der Waals surface area contributed by atoms with Gasteiger partial charge in [-0.2, -0.15) is 0 Å². The first-order chi connectivity index (χ1) is 9.13. The van der Waals surface area contributed by atoms with Crippen LogP contribution in [-0.2, 0) is 4.79 Å². The minimum absolute atomic E-state index is 0.207. The molecule has 0 radical (unpaired) electrons. The number of fused-ring (bicyclic) bond motifs is 1. The van der Waals surface area contributed by atoms with Crippen molar-refractivity contribution in [1.29, 1.82) is 0 Å². The first kappa shape index (κ1) is 12.2. The average Bonchev–Trinajstić information content (AvgIpc) is 2.39. The second-order valence-corrected chi connectivity index (χ2v) is 5.19. The number of aryl methyl sites for hydroxylation is 1. The number of halogens is 1. The van der Waals surface area contributed by atoms with Gasteiger partial charge in [0.15, 0.2) is 11.6 Å². The molecule has 1 aliphatic rings. The lowest BCUT2D eigenvalue weighted by molar-refractivity contribution is -0.123. The Kier molecular flexibility index (Phi) is 2.98. The van der Waals surface area contributed by atoms with Gasteiger partial charge in [0.2, 0.25) is 6.10 Å². The van der Waals surface area contributed by atoms with E-state index in [4.69, 9.17) is 4.74 Å². The topological polar surface area (TPSA) is 51.2 Å². The summed E-state index contributed by atoms with van der Waals surface area (Å²) in [4.78, 5) is 16.2. The monoisotopic (exact) mass is 318 g/mol. The number of benzene rings is 1. The van der Waals surface area contributed by atoms with Crippen molar-refractivity contribution < 1.29 is 9.53 Å². The molecule has 0 spiro atoms. The van der Waals surface area contributed by atoms with E-state index in [0.717, 1.165) is 11.1 Å². The number of rotatable bonds is 1. The predicted octanol–water partition coefficient (Wildman–Crippen LogP) is 3.22. The lowest BCUT2D eigenvalue weighted by Gasteiger charge is -2.25. The zero-order valence-corrected chi connectivity index (χ0v) is 11.8. The number of ether oxygens (including phenoxy) is 1. The summed E-state index contributed by atoms with van der Waals surface area (Å²) in [5, 5.41) is 2.76. The molecule has 19 heavy (non-hydrogen) atoms. The zero-order valence-electron chi connectivity index (χ0n) is 10.2. The number of amides is 1. The number of anilines is 1. The maximum Gasteiger partial charge on any atom is 0.271 e. The third kappa shape index (κ3) is 2.33. The minimum Gasteiger partial charge on any atom is -0.472 e. The standard InChI is InChI=1S/C14H11BrN2O2/c1-8-2-4-9(5-3-8)12-14(18)17-13-10(19-12)6-7-11(15)16-13/h2-7,12H,1H3,(H,16,17,18). The molecule has 3 rings (SSSR count). The van der Waals surface area contributed by atoms with Gasteiger partial charge < -0.3 is 10.1 Å². The first-order valence-corrected chi connectivity index (χ1v) is 6.63. The molecule has 0 fully saturated rings. The molecule has 1 N–H and O–H groups in total. The lowest BCUT2D eigenvalue weighted by Crippen LogP contribution is -2.30. The number of pyridine rings is 1. The highest BCUT2D eigenvalue weighted by atomic mass is 79.9. The van der Waals surface area contributed by atoms with Crippen molar-refractivity contribution in [2.24, 2.45) is 0 Å². The number of nitrogens with zero attached hydrogens (tertiary/aromatic N) is 1. The molecule has 1 amide bonds. The van der Waals surface area contributed by atoms with E-state index in [1.807, 2.05) is 31.2 Å². The normalized spacial score (nSPS) is 17.4. The average molecular weight is 319 g/mol. The molecule has 1 atom stereocenters. The van der Waals surface area contributed by atoms with Gasteiger partial charge >= 0.3 is 0 Å². The number of aromatic nitrogens is 1. The van der Waals surface area contributed by atoms with Crippen LogP contribution >= 0.6 is 15.9 Å². The van der Waals surface area contributed by atoms with E-state index in [1.54, 1.807) is 12.1 Å². The van der Waals surface area contributed by atoms with Gasteiger partial charge in [0.05, 0.1) is 0 Å². The van der Waals surface area contributed by atoms with Crippen LogP contribution in [0, 0.1) is 6.92 Å². The van der Waals surface area contributed by atoms with Gasteiger partial charge in [-0.25, -0.2) is 4.98 Å². The molecule has 1 aromatic carbocycles. The smallest absolute Gasteiger partial charge is 0.271 e. The summed E-state index contributed by atoms with van der Waals surface area (Å²) >= 11 is 3.26. The Balaban J connectivity index is 1.95. The Morgan fingerprint density at radius 3 is 2.68 bits per heavy atom. The predicted molar refractivity (Wildman–Crippen MR) is 75.1 cm³/mol. The Morgan fingerprint density at radius 2 is 1.95 bits per heavy atom. The Labute approximate surface area is 118 Å². The van der Waals surface area contributed by atoms with E-state index in [2.05, 4.69) is 26.2 Å². The SMILES string of the molecule is Cc1ccc(C2Oc3ccc(Br)nc3NC2=O)cc1. The van der Waals surface area contributed by atoms with Crippen molar-refractivity contribution in [1.82, 2.24) is 4.98 Å². The highest BCUT2D eigenvalue weighted by Gasteiger charge is 2.29. The van der Waals surface area contributed by atoms with Gasteiger partial charge in [0.1, 0.15) is 4.60 Å². The molecule has 0 saturated carbocycles. The molecule has 2 heterocycles. The number of carbonyl (C=O) groups is 1. The fourth-order valence-electron chi connectivity index (χ4n) is 1.93. The van der Waals surface area contributed by atoms with Crippen molar-refractivity contribution in [3.63, 3.8) is 0 Å². The summed E-state index contributed by atoms with van der Waals surface area (Å²) in [6.07, 6.45) is -0.629. The summed E-state index contributed by atoms with van der Waals surface area (Å²) in [6, 6.07) is 11.3. The molecule has 96 valence electrons. The van der Waals surface area contributed by atoms with E-state index < -0.39 is 6.10 Å². The van der Waals surface area contributed by atoms with Crippen LogP contribution in [0.15, 0.2) is 41.0 Å². The number of nitrogens with one attached hydrogen (secondary N) is 1. The summed E-state index contributed by atoms with van der Waals surface area (Å²) in [5.41, 5.74) is 1.97. The highest BCUT2D eigenvalue weighted by Crippen LogP contribution is 2.34.